The average Bonchev–Trinajstić information content (AvgIpc) is 2.15. The third kappa shape index (κ3) is 3.56. The molecule has 14 heavy (non-hydrogen) atoms. The van der Waals surface area contributed by atoms with E-state index in [9.17, 15) is 5.11 Å². The van der Waals surface area contributed by atoms with E-state index in [0.29, 0.717) is 11.6 Å². The largest absolute Gasteiger partial charge is 0.388 e. The Bertz CT molecular complexity index is 299. The lowest BCUT2D eigenvalue weighted by Crippen LogP contribution is -2.32. The predicted molar refractivity (Wildman–Crippen MR) is 60.9 cm³/mol. The van der Waals surface area contributed by atoms with Crippen LogP contribution in [0, 0.1) is 0 Å². The van der Waals surface area contributed by atoms with Crippen LogP contribution in [0.25, 0.3) is 0 Å². The van der Waals surface area contributed by atoms with Crippen LogP contribution in [0.1, 0.15) is 20.3 Å². The van der Waals surface area contributed by atoms with Crippen molar-refractivity contribution in [3.63, 3.8) is 0 Å². The number of hydrogen-bond acceptors (Lipinski definition) is 2. The zero-order valence-electron chi connectivity index (χ0n) is 8.55. The van der Waals surface area contributed by atoms with Crippen LogP contribution in [0.3, 0.4) is 0 Å². The molecular weight excluding hydrogens is 198 g/mol. The SMILES string of the molecule is CCC(C)(O)CNc1cccc(Cl)c1. The molecule has 0 fully saturated rings. The van der Waals surface area contributed by atoms with Gasteiger partial charge in [-0.2, -0.15) is 0 Å². The molecule has 1 unspecified atom stereocenters. The van der Waals surface area contributed by atoms with Crippen molar-refractivity contribution in [2.75, 3.05) is 11.9 Å². The number of hydrogen-bond donors (Lipinski definition) is 2. The summed E-state index contributed by atoms with van der Waals surface area (Å²) >= 11 is 5.83. The molecule has 0 saturated carbocycles. The van der Waals surface area contributed by atoms with E-state index >= 15 is 0 Å². The lowest BCUT2D eigenvalue weighted by atomic mass is 10.0. The van der Waals surface area contributed by atoms with E-state index in [0.717, 1.165) is 12.1 Å². The van der Waals surface area contributed by atoms with Crippen molar-refractivity contribution < 1.29 is 5.11 Å². The minimum absolute atomic E-state index is 0.532. The highest BCUT2D eigenvalue weighted by Gasteiger charge is 2.16. The van der Waals surface area contributed by atoms with Crippen LogP contribution in [0.5, 0.6) is 0 Å². The molecule has 0 saturated heterocycles. The van der Waals surface area contributed by atoms with Crippen molar-refractivity contribution in [3.8, 4) is 0 Å². The summed E-state index contributed by atoms with van der Waals surface area (Å²) in [5.41, 5.74) is 0.272. The Kier molecular flexibility index (Phi) is 3.78. The molecule has 1 aromatic rings. The Morgan fingerprint density at radius 3 is 2.79 bits per heavy atom. The van der Waals surface area contributed by atoms with E-state index in [-0.39, 0.29) is 0 Å². The van der Waals surface area contributed by atoms with E-state index in [4.69, 9.17) is 11.6 Å². The third-order valence-electron chi connectivity index (χ3n) is 2.26. The molecule has 0 aliphatic rings. The van der Waals surface area contributed by atoms with Gasteiger partial charge in [0.25, 0.3) is 0 Å². The Hall–Kier alpha value is -0.730. The number of rotatable bonds is 4. The van der Waals surface area contributed by atoms with Gasteiger partial charge in [-0.1, -0.05) is 24.6 Å². The fraction of sp³-hybridized carbons (Fsp3) is 0.455. The van der Waals surface area contributed by atoms with E-state index in [1.807, 2.05) is 38.1 Å². The van der Waals surface area contributed by atoms with E-state index in [2.05, 4.69) is 5.32 Å². The number of anilines is 1. The van der Waals surface area contributed by atoms with Crippen molar-refractivity contribution in [1.29, 1.82) is 0 Å². The van der Waals surface area contributed by atoms with Crippen molar-refractivity contribution >= 4 is 17.3 Å². The Balaban J connectivity index is 2.54. The molecule has 1 rings (SSSR count). The molecule has 3 heteroatoms. The first kappa shape index (κ1) is 11.3. The van der Waals surface area contributed by atoms with Crippen molar-refractivity contribution in [1.82, 2.24) is 0 Å². The summed E-state index contributed by atoms with van der Waals surface area (Å²) in [5.74, 6) is 0. The number of benzene rings is 1. The van der Waals surface area contributed by atoms with Gasteiger partial charge in [0.15, 0.2) is 0 Å². The van der Waals surface area contributed by atoms with Crippen LogP contribution in [0.2, 0.25) is 5.02 Å². The minimum Gasteiger partial charge on any atom is -0.388 e. The zero-order chi connectivity index (χ0) is 10.6. The molecular formula is C11H16ClNO. The molecule has 0 aromatic heterocycles. The van der Waals surface area contributed by atoms with Gasteiger partial charge in [-0.25, -0.2) is 0 Å². The molecule has 0 bridgehead atoms. The standard InChI is InChI=1S/C11H16ClNO/c1-3-11(2,14)8-13-10-6-4-5-9(12)7-10/h4-7,13-14H,3,8H2,1-2H3. The van der Waals surface area contributed by atoms with Crippen LogP contribution in [0.4, 0.5) is 5.69 Å². The molecule has 2 N–H and O–H groups in total. The fourth-order valence-corrected chi connectivity index (χ4v) is 1.21. The van der Waals surface area contributed by atoms with Gasteiger partial charge in [0.05, 0.1) is 5.60 Å². The maximum Gasteiger partial charge on any atom is 0.0788 e. The summed E-state index contributed by atoms with van der Waals surface area (Å²) in [6.45, 7) is 4.30. The van der Waals surface area contributed by atoms with E-state index < -0.39 is 5.60 Å². The average molecular weight is 214 g/mol. The Morgan fingerprint density at radius 2 is 2.21 bits per heavy atom. The smallest absolute Gasteiger partial charge is 0.0788 e. The van der Waals surface area contributed by atoms with Crippen molar-refractivity contribution in [3.05, 3.63) is 29.3 Å². The monoisotopic (exact) mass is 213 g/mol. The topological polar surface area (TPSA) is 32.3 Å². The molecule has 0 aliphatic heterocycles. The van der Waals surface area contributed by atoms with Crippen LogP contribution < -0.4 is 5.32 Å². The fourth-order valence-electron chi connectivity index (χ4n) is 1.02. The van der Waals surface area contributed by atoms with Crippen LogP contribution in [0.15, 0.2) is 24.3 Å². The maximum atomic E-state index is 9.76. The zero-order valence-corrected chi connectivity index (χ0v) is 9.30. The summed E-state index contributed by atoms with van der Waals surface area (Å²) in [7, 11) is 0. The van der Waals surface area contributed by atoms with Crippen LogP contribution in [-0.4, -0.2) is 17.3 Å². The van der Waals surface area contributed by atoms with Gasteiger partial charge in [-0.05, 0) is 31.5 Å². The normalized spacial score (nSPS) is 14.9. The number of aliphatic hydroxyl groups is 1. The molecule has 1 atom stereocenters. The van der Waals surface area contributed by atoms with Gasteiger partial charge in [0.2, 0.25) is 0 Å². The molecule has 1 aromatic carbocycles. The highest BCUT2D eigenvalue weighted by molar-refractivity contribution is 6.30. The Morgan fingerprint density at radius 1 is 1.50 bits per heavy atom. The quantitative estimate of drug-likeness (QED) is 0.806. The molecule has 0 amide bonds. The molecule has 78 valence electrons. The first-order chi connectivity index (χ1) is 6.53. The highest BCUT2D eigenvalue weighted by atomic mass is 35.5. The first-order valence-corrected chi connectivity index (χ1v) is 5.13. The third-order valence-corrected chi connectivity index (χ3v) is 2.49. The van der Waals surface area contributed by atoms with Gasteiger partial charge < -0.3 is 10.4 Å². The molecule has 0 radical (unpaired) electrons. The molecule has 0 aliphatic carbocycles. The highest BCUT2D eigenvalue weighted by Crippen LogP contribution is 2.16. The van der Waals surface area contributed by atoms with Gasteiger partial charge in [0, 0.05) is 17.3 Å². The van der Waals surface area contributed by atoms with Crippen molar-refractivity contribution in [2.45, 2.75) is 25.9 Å². The molecule has 0 heterocycles. The lowest BCUT2D eigenvalue weighted by Gasteiger charge is -2.22. The second kappa shape index (κ2) is 4.67. The van der Waals surface area contributed by atoms with Crippen molar-refractivity contribution in [2.24, 2.45) is 0 Å². The first-order valence-electron chi connectivity index (χ1n) is 4.75. The van der Waals surface area contributed by atoms with E-state index in [1.54, 1.807) is 0 Å². The predicted octanol–water partition coefficient (Wildman–Crippen LogP) is 2.91. The van der Waals surface area contributed by atoms with E-state index in [1.165, 1.54) is 0 Å². The summed E-state index contributed by atoms with van der Waals surface area (Å²) in [6, 6.07) is 7.47. The minimum atomic E-state index is -0.664. The van der Waals surface area contributed by atoms with Gasteiger partial charge in [-0.15, -0.1) is 0 Å². The molecule has 2 nitrogen and oxygen atoms in total. The molecule has 0 spiro atoms. The summed E-state index contributed by atoms with van der Waals surface area (Å²) in [6.07, 6.45) is 0.723. The van der Waals surface area contributed by atoms with Crippen LogP contribution in [-0.2, 0) is 0 Å². The Labute approximate surface area is 89.9 Å². The number of halogens is 1. The number of nitrogens with one attached hydrogen (secondary N) is 1. The maximum absolute atomic E-state index is 9.76. The van der Waals surface area contributed by atoms with Crippen LogP contribution >= 0.6 is 11.6 Å². The summed E-state index contributed by atoms with van der Waals surface area (Å²) in [5, 5.41) is 13.6. The van der Waals surface area contributed by atoms with Gasteiger partial charge in [0.1, 0.15) is 0 Å². The second-order valence-electron chi connectivity index (χ2n) is 3.71. The van der Waals surface area contributed by atoms with Gasteiger partial charge in [-0.3, -0.25) is 0 Å². The summed E-state index contributed by atoms with van der Waals surface area (Å²) in [4.78, 5) is 0. The summed E-state index contributed by atoms with van der Waals surface area (Å²) < 4.78 is 0. The second-order valence-corrected chi connectivity index (χ2v) is 4.15. The lowest BCUT2D eigenvalue weighted by molar-refractivity contribution is 0.0697. The van der Waals surface area contributed by atoms with Gasteiger partial charge >= 0.3 is 0 Å².